The van der Waals surface area contributed by atoms with E-state index in [1.807, 2.05) is 6.07 Å². The second kappa shape index (κ2) is 9.90. The van der Waals surface area contributed by atoms with Gasteiger partial charge < -0.3 is 29.7 Å². The number of fused-ring (bicyclic) bond motifs is 2. The lowest BCUT2D eigenvalue weighted by atomic mass is 10.0. The van der Waals surface area contributed by atoms with Crippen LogP contribution in [0.4, 0.5) is 5.69 Å². The van der Waals surface area contributed by atoms with Gasteiger partial charge in [-0.2, -0.15) is 0 Å². The summed E-state index contributed by atoms with van der Waals surface area (Å²) >= 11 is 0. The van der Waals surface area contributed by atoms with Crippen LogP contribution in [-0.4, -0.2) is 69.9 Å². The third-order valence-electron chi connectivity index (χ3n) is 6.65. The van der Waals surface area contributed by atoms with Crippen molar-refractivity contribution in [3.8, 4) is 11.5 Å². The van der Waals surface area contributed by atoms with E-state index < -0.39 is 11.8 Å². The summed E-state index contributed by atoms with van der Waals surface area (Å²) in [5.41, 5.74) is 4.57. The van der Waals surface area contributed by atoms with Gasteiger partial charge in [0.1, 0.15) is 0 Å². The number of nitrogens with zero attached hydrogens (tertiary/aromatic N) is 2. The molecular formula is C25H30N4O5. The van der Waals surface area contributed by atoms with Gasteiger partial charge in [0.05, 0.1) is 19.3 Å². The lowest BCUT2D eigenvalue weighted by molar-refractivity contribution is -0.139. The molecule has 1 saturated heterocycles. The molecule has 1 atom stereocenters. The highest BCUT2D eigenvalue weighted by atomic mass is 16.7. The molecule has 0 saturated carbocycles. The zero-order valence-electron chi connectivity index (χ0n) is 19.3. The van der Waals surface area contributed by atoms with Crippen molar-refractivity contribution < 1.29 is 23.8 Å². The predicted octanol–water partition coefficient (Wildman–Crippen LogP) is 1.21. The van der Waals surface area contributed by atoms with Crippen molar-refractivity contribution in [2.45, 2.75) is 19.0 Å². The first-order chi connectivity index (χ1) is 16.6. The number of carbonyl (C=O) groups is 2. The molecule has 5 rings (SSSR count). The molecule has 1 fully saturated rings. The van der Waals surface area contributed by atoms with E-state index in [9.17, 15) is 9.59 Å². The Morgan fingerprint density at radius 3 is 2.62 bits per heavy atom. The van der Waals surface area contributed by atoms with Crippen LogP contribution in [0.2, 0.25) is 0 Å². The summed E-state index contributed by atoms with van der Waals surface area (Å²) in [7, 11) is 2.10. The molecule has 34 heavy (non-hydrogen) atoms. The highest BCUT2D eigenvalue weighted by Crippen LogP contribution is 2.33. The second-order valence-electron chi connectivity index (χ2n) is 8.80. The molecule has 180 valence electrons. The van der Waals surface area contributed by atoms with Crippen LogP contribution in [0.15, 0.2) is 36.4 Å². The number of amides is 2. The molecular weight excluding hydrogens is 436 g/mol. The maximum Gasteiger partial charge on any atom is 0.309 e. The Labute approximate surface area is 198 Å². The number of nitrogens with one attached hydrogen (secondary N) is 2. The van der Waals surface area contributed by atoms with Crippen LogP contribution in [0, 0.1) is 0 Å². The molecule has 0 unspecified atom stereocenters. The van der Waals surface area contributed by atoms with Crippen LogP contribution in [0.1, 0.15) is 22.7 Å². The van der Waals surface area contributed by atoms with E-state index in [1.165, 1.54) is 11.3 Å². The number of morpholine rings is 1. The highest BCUT2D eigenvalue weighted by molar-refractivity contribution is 6.35. The van der Waals surface area contributed by atoms with Crippen LogP contribution < -0.4 is 25.0 Å². The maximum atomic E-state index is 12.6. The topological polar surface area (TPSA) is 92.4 Å². The van der Waals surface area contributed by atoms with E-state index in [0.717, 1.165) is 37.2 Å². The molecule has 2 aromatic carbocycles. The van der Waals surface area contributed by atoms with Crippen molar-refractivity contribution in [2.24, 2.45) is 0 Å². The van der Waals surface area contributed by atoms with Gasteiger partial charge in [0.15, 0.2) is 11.5 Å². The number of rotatable bonds is 6. The van der Waals surface area contributed by atoms with E-state index in [4.69, 9.17) is 14.2 Å². The van der Waals surface area contributed by atoms with Gasteiger partial charge in [0.2, 0.25) is 6.79 Å². The average molecular weight is 467 g/mol. The maximum absolute atomic E-state index is 12.6. The van der Waals surface area contributed by atoms with Crippen molar-refractivity contribution in [3.05, 3.63) is 53.1 Å². The normalized spacial score (nSPS) is 17.9. The van der Waals surface area contributed by atoms with Gasteiger partial charge in [-0.3, -0.25) is 14.5 Å². The fraction of sp³-hybridized carbons (Fsp3) is 0.440. The van der Waals surface area contributed by atoms with E-state index in [2.05, 4.69) is 45.7 Å². The van der Waals surface area contributed by atoms with Crippen LogP contribution in [-0.2, 0) is 27.3 Å². The van der Waals surface area contributed by atoms with Gasteiger partial charge >= 0.3 is 11.8 Å². The minimum absolute atomic E-state index is 0.0225. The summed E-state index contributed by atoms with van der Waals surface area (Å²) in [6, 6.07) is 11.9. The molecule has 0 radical (unpaired) electrons. The molecule has 2 N–H and O–H groups in total. The Hall–Kier alpha value is -3.30. The molecule has 0 spiro atoms. The number of anilines is 1. The van der Waals surface area contributed by atoms with Gasteiger partial charge in [-0.05, 0) is 41.3 Å². The molecule has 0 aliphatic carbocycles. The zero-order valence-corrected chi connectivity index (χ0v) is 19.3. The van der Waals surface area contributed by atoms with Crippen molar-refractivity contribution >= 4 is 17.5 Å². The fourth-order valence-electron chi connectivity index (χ4n) is 4.72. The molecule has 2 amide bonds. The number of ether oxygens (including phenoxy) is 3. The summed E-state index contributed by atoms with van der Waals surface area (Å²) in [4.78, 5) is 29.6. The third-order valence-corrected chi connectivity index (χ3v) is 6.65. The molecule has 9 heteroatoms. The number of carbonyl (C=O) groups excluding carboxylic acids is 2. The summed E-state index contributed by atoms with van der Waals surface area (Å²) in [6.45, 7) is 4.68. The summed E-state index contributed by atoms with van der Waals surface area (Å²) in [6.07, 6.45) is 1.02. The van der Waals surface area contributed by atoms with Gasteiger partial charge in [-0.25, -0.2) is 0 Å². The summed E-state index contributed by atoms with van der Waals surface area (Å²) < 4.78 is 16.2. The SMILES string of the molecule is CN1CCc2cc([C@@H](CNC(=O)C(=O)NCc3ccc4c(c3)OCO4)N3CCOCC3)ccc21. The number of benzene rings is 2. The lowest BCUT2D eigenvalue weighted by Crippen LogP contribution is -2.46. The van der Waals surface area contributed by atoms with E-state index in [0.29, 0.717) is 31.3 Å². The molecule has 3 aliphatic heterocycles. The monoisotopic (exact) mass is 466 g/mol. The zero-order chi connectivity index (χ0) is 23.5. The minimum atomic E-state index is -0.658. The summed E-state index contributed by atoms with van der Waals surface area (Å²) in [5, 5.41) is 5.53. The van der Waals surface area contributed by atoms with Crippen LogP contribution in [0.5, 0.6) is 11.5 Å². The average Bonchev–Trinajstić information content (AvgIpc) is 3.49. The summed E-state index contributed by atoms with van der Waals surface area (Å²) in [5.74, 6) is 0.0270. The highest BCUT2D eigenvalue weighted by Gasteiger charge is 2.26. The standard InChI is InChI=1S/C25H30N4O5/c1-28-7-6-19-13-18(3-4-20(19)28)21(29-8-10-32-11-9-29)15-27-25(31)24(30)26-14-17-2-5-22-23(12-17)34-16-33-22/h2-5,12-13,21H,6-11,14-16H2,1H3,(H,26,30)(H,27,31)/t21-/m1/s1. The first-order valence-electron chi connectivity index (χ1n) is 11.7. The predicted molar refractivity (Wildman–Crippen MR) is 126 cm³/mol. The molecule has 2 aromatic rings. The largest absolute Gasteiger partial charge is 0.454 e. The quantitative estimate of drug-likeness (QED) is 0.619. The van der Waals surface area contributed by atoms with Crippen molar-refractivity contribution in [3.63, 3.8) is 0 Å². The van der Waals surface area contributed by atoms with Gasteiger partial charge in [0, 0.05) is 45.5 Å². The Bertz CT molecular complexity index is 1070. The van der Waals surface area contributed by atoms with Crippen LogP contribution in [0.25, 0.3) is 0 Å². The molecule has 9 nitrogen and oxygen atoms in total. The molecule has 3 heterocycles. The number of hydrogen-bond acceptors (Lipinski definition) is 7. The van der Waals surface area contributed by atoms with E-state index >= 15 is 0 Å². The molecule has 0 bridgehead atoms. The van der Waals surface area contributed by atoms with Gasteiger partial charge in [-0.15, -0.1) is 0 Å². The molecule has 3 aliphatic rings. The van der Waals surface area contributed by atoms with Crippen LogP contribution in [0.3, 0.4) is 0 Å². The van der Waals surface area contributed by atoms with Crippen molar-refractivity contribution in [1.82, 2.24) is 15.5 Å². The minimum Gasteiger partial charge on any atom is -0.454 e. The Kier molecular flexibility index (Phi) is 6.55. The van der Waals surface area contributed by atoms with Crippen molar-refractivity contribution in [1.29, 1.82) is 0 Å². The Balaban J connectivity index is 1.21. The number of likely N-dealkylation sites (N-methyl/N-ethyl adjacent to an activating group) is 1. The van der Waals surface area contributed by atoms with Crippen molar-refractivity contribution in [2.75, 3.05) is 58.1 Å². The van der Waals surface area contributed by atoms with Crippen LogP contribution >= 0.6 is 0 Å². The second-order valence-corrected chi connectivity index (χ2v) is 8.80. The van der Waals surface area contributed by atoms with E-state index in [1.54, 1.807) is 12.1 Å². The Morgan fingerprint density at radius 2 is 1.76 bits per heavy atom. The lowest BCUT2D eigenvalue weighted by Gasteiger charge is -2.35. The van der Waals surface area contributed by atoms with Gasteiger partial charge in [0.25, 0.3) is 0 Å². The Morgan fingerprint density at radius 1 is 0.971 bits per heavy atom. The fourth-order valence-corrected chi connectivity index (χ4v) is 4.72. The van der Waals surface area contributed by atoms with Gasteiger partial charge in [-0.1, -0.05) is 18.2 Å². The molecule has 0 aromatic heterocycles. The number of hydrogen-bond donors (Lipinski definition) is 2. The smallest absolute Gasteiger partial charge is 0.309 e. The van der Waals surface area contributed by atoms with E-state index in [-0.39, 0.29) is 19.4 Å². The first-order valence-corrected chi connectivity index (χ1v) is 11.7. The third kappa shape index (κ3) is 4.80. The first kappa shape index (κ1) is 22.5.